The maximum absolute atomic E-state index is 4.21. The summed E-state index contributed by atoms with van der Waals surface area (Å²) in [4.78, 5) is 8.41. The van der Waals surface area contributed by atoms with Crippen molar-refractivity contribution in [1.82, 2.24) is 9.97 Å². The van der Waals surface area contributed by atoms with Crippen LogP contribution in [-0.2, 0) is 18.3 Å². The zero-order valence-corrected chi connectivity index (χ0v) is 17.5. The molecule has 4 aromatic rings. The Labute approximate surface area is 183 Å². The van der Waals surface area contributed by atoms with E-state index in [0.29, 0.717) is 0 Å². The minimum Gasteiger partial charge on any atom is -0.265 e. The maximum Gasteiger partial charge on any atom is 0.0295 e. The molecule has 0 fully saturated rings. The molecule has 1 aliphatic rings. The van der Waals surface area contributed by atoms with E-state index in [9.17, 15) is 0 Å². The van der Waals surface area contributed by atoms with E-state index in [2.05, 4.69) is 82.8 Å². The Kier molecular flexibility index (Phi) is 6.36. The van der Waals surface area contributed by atoms with Crippen LogP contribution < -0.4 is 0 Å². The topological polar surface area (TPSA) is 25.8 Å². The highest BCUT2D eigenvalue weighted by atomic mass is 35.5. The van der Waals surface area contributed by atoms with Gasteiger partial charge in [-0.3, -0.25) is 9.97 Å². The number of hydrogen-bond donors (Lipinski definition) is 0. The normalized spacial score (nSPS) is 12.8. The minimum absolute atomic E-state index is 0. The monoisotopic (exact) mass is 420 g/mol. The van der Waals surface area contributed by atoms with E-state index in [1.807, 2.05) is 24.8 Å². The van der Waals surface area contributed by atoms with E-state index >= 15 is 0 Å². The van der Waals surface area contributed by atoms with Gasteiger partial charge in [0.1, 0.15) is 0 Å². The van der Waals surface area contributed by atoms with Crippen molar-refractivity contribution < 1.29 is 0 Å². The summed E-state index contributed by atoms with van der Waals surface area (Å²) in [6.45, 7) is 0. The lowest BCUT2D eigenvalue weighted by Crippen LogP contribution is -2.31. The van der Waals surface area contributed by atoms with Gasteiger partial charge in [0.05, 0.1) is 0 Å². The number of aromatic nitrogens is 2. The summed E-state index contributed by atoms with van der Waals surface area (Å²) in [7, 11) is 0. The molecule has 5 rings (SSSR count). The van der Waals surface area contributed by atoms with Crippen LogP contribution in [0.5, 0.6) is 0 Å². The fourth-order valence-electron chi connectivity index (χ4n) is 4.56. The van der Waals surface area contributed by atoms with E-state index in [1.165, 1.54) is 33.4 Å². The second kappa shape index (κ2) is 8.77. The van der Waals surface area contributed by atoms with E-state index in [4.69, 9.17) is 0 Å². The van der Waals surface area contributed by atoms with Crippen LogP contribution in [0.25, 0.3) is 11.1 Å². The molecule has 0 bridgehead atoms. The first-order chi connectivity index (χ1) is 13.4. The van der Waals surface area contributed by atoms with Crippen molar-refractivity contribution in [1.29, 1.82) is 0 Å². The molecule has 1 aliphatic carbocycles. The lowest BCUT2D eigenvalue weighted by Gasteiger charge is -2.33. The third kappa shape index (κ3) is 3.66. The molecule has 4 heteroatoms. The number of benzene rings is 2. The van der Waals surface area contributed by atoms with Crippen molar-refractivity contribution >= 4 is 24.8 Å². The largest absolute Gasteiger partial charge is 0.265 e. The summed E-state index contributed by atoms with van der Waals surface area (Å²) in [5, 5.41) is 0. The van der Waals surface area contributed by atoms with Crippen LogP contribution >= 0.6 is 24.8 Å². The summed E-state index contributed by atoms with van der Waals surface area (Å²) >= 11 is 0. The molecule has 0 aliphatic heterocycles. The number of fused-ring (bicyclic) bond motifs is 3. The van der Waals surface area contributed by atoms with Crippen molar-refractivity contribution in [3.05, 3.63) is 120 Å². The Morgan fingerprint density at radius 2 is 0.897 bits per heavy atom. The molecule has 2 aromatic heterocycles. The highest BCUT2D eigenvalue weighted by molar-refractivity contribution is 5.85. The second-order valence-electron chi connectivity index (χ2n) is 7.24. The smallest absolute Gasteiger partial charge is 0.0295 e. The standard InChI is InChI=1S/C25H20N2.2ClH/c1-3-7-23-21(5-1)22-6-2-4-8-24(22)25(23,17-19-9-13-26-14-10-19)18-20-11-15-27-16-12-20;;/h1-16H,17-18H2;2*1H. The third-order valence-electron chi connectivity index (χ3n) is 5.69. The molecule has 146 valence electrons. The van der Waals surface area contributed by atoms with Gasteiger partial charge in [0.25, 0.3) is 0 Å². The van der Waals surface area contributed by atoms with Gasteiger partial charge in [0.15, 0.2) is 0 Å². The van der Waals surface area contributed by atoms with Crippen LogP contribution in [0, 0.1) is 0 Å². The average molecular weight is 421 g/mol. The summed E-state index contributed by atoms with van der Waals surface area (Å²) in [5.41, 5.74) is 8.08. The van der Waals surface area contributed by atoms with E-state index in [0.717, 1.165) is 12.8 Å². The van der Waals surface area contributed by atoms with Gasteiger partial charge in [-0.05, 0) is 70.5 Å². The molecule has 0 unspecified atom stereocenters. The van der Waals surface area contributed by atoms with Crippen molar-refractivity contribution in [3.8, 4) is 11.1 Å². The molecular weight excluding hydrogens is 399 g/mol. The van der Waals surface area contributed by atoms with Crippen LogP contribution in [0.1, 0.15) is 22.3 Å². The first-order valence-corrected chi connectivity index (χ1v) is 9.34. The molecule has 0 spiro atoms. The Hall–Kier alpha value is -2.68. The van der Waals surface area contributed by atoms with Crippen molar-refractivity contribution in [2.45, 2.75) is 18.3 Å². The van der Waals surface area contributed by atoms with Gasteiger partial charge in [-0.15, -0.1) is 24.8 Å². The highest BCUT2D eigenvalue weighted by Gasteiger charge is 2.42. The van der Waals surface area contributed by atoms with Crippen LogP contribution in [0.2, 0.25) is 0 Å². The van der Waals surface area contributed by atoms with Crippen molar-refractivity contribution in [2.75, 3.05) is 0 Å². The molecule has 2 heterocycles. The number of nitrogens with zero attached hydrogens (tertiary/aromatic N) is 2. The lowest BCUT2D eigenvalue weighted by molar-refractivity contribution is 0.519. The predicted octanol–water partition coefficient (Wildman–Crippen LogP) is 6.07. The number of rotatable bonds is 4. The lowest BCUT2D eigenvalue weighted by atomic mass is 9.70. The average Bonchev–Trinajstić information content (AvgIpc) is 3.00. The second-order valence-corrected chi connectivity index (χ2v) is 7.24. The van der Waals surface area contributed by atoms with E-state index in [-0.39, 0.29) is 30.2 Å². The molecule has 0 saturated carbocycles. The number of halogens is 2. The Morgan fingerprint density at radius 1 is 0.517 bits per heavy atom. The predicted molar refractivity (Wildman–Crippen MR) is 123 cm³/mol. The number of hydrogen-bond acceptors (Lipinski definition) is 2. The van der Waals surface area contributed by atoms with E-state index in [1.54, 1.807) is 0 Å². The Morgan fingerprint density at radius 3 is 1.31 bits per heavy atom. The Balaban J connectivity index is 0.00000120. The molecular formula is C25H22Cl2N2. The van der Waals surface area contributed by atoms with Crippen LogP contribution in [0.3, 0.4) is 0 Å². The molecule has 2 aromatic carbocycles. The summed E-state index contributed by atoms with van der Waals surface area (Å²) in [5.74, 6) is 0. The molecule has 0 amide bonds. The van der Waals surface area contributed by atoms with Gasteiger partial charge in [0.2, 0.25) is 0 Å². The molecule has 2 nitrogen and oxygen atoms in total. The van der Waals surface area contributed by atoms with Gasteiger partial charge in [-0.2, -0.15) is 0 Å². The molecule has 0 radical (unpaired) electrons. The molecule has 0 atom stereocenters. The van der Waals surface area contributed by atoms with Crippen LogP contribution in [0.4, 0.5) is 0 Å². The summed E-state index contributed by atoms with van der Waals surface area (Å²) < 4.78 is 0. The minimum atomic E-state index is -0.0874. The first-order valence-electron chi connectivity index (χ1n) is 9.34. The van der Waals surface area contributed by atoms with E-state index < -0.39 is 0 Å². The van der Waals surface area contributed by atoms with Crippen LogP contribution in [0.15, 0.2) is 97.6 Å². The van der Waals surface area contributed by atoms with Gasteiger partial charge >= 0.3 is 0 Å². The zero-order chi connectivity index (χ0) is 18.1. The van der Waals surface area contributed by atoms with Gasteiger partial charge < -0.3 is 0 Å². The van der Waals surface area contributed by atoms with Crippen LogP contribution in [-0.4, -0.2) is 9.97 Å². The Bertz CT molecular complexity index is 993. The molecule has 0 saturated heterocycles. The quantitative estimate of drug-likeness (QED) is 0.400. The van der Waals surface area contributed by atoms with Gasteiger partial charge in [-0.1, -0.05) is 48.5 Å². The summed E-state index contributed by atoms with van der Waals surface area (Å²) in [6.07, 6.45) is 9.46. The SMILES string of the molecule is Cl.Cl.c1ccc2c(c1)-c1ccccc1C2(Cc1ccncc1)Cc1ccncc1. The zero-order valence-electron chi connectivity index (χ0n) is 15.9. The third-order valence-corrected chi connectivity index (χ3v) is 5.69. The van der Waals surface area contributed by atoms with Crippen molar-refractivity contribution in [3.63, 3.8) is 0 Å². The maximum atomic E-state index is 4.21. The number of pyridine rings is 2. The van der Waals surface area contributed by atoms with Crippen molar-refractivity contribution in [2.24, 2.45) is 0 Å². The fraction of sp³-hybridized carbons (Fsp3) is 0.120. The molecule has 29 heavy (non-hydrogen) atoms. The molecule has 0 N–H and O–H groups in total. The first kappa shape index (κ1) is 21.0. The highest BCUT2D eigenvalue weighted by Crippen LogP contribution is 2.52. The van der Waals surface area contributed by atoms with Gasteiger partial charge in [0, 0.05) is 30.2 Å². The summed E-state index contributed by atoms with van der Waals surface area (Å²) in [6, 6.07) is 26.3. The van der Waals surface area contributed by atoms with Gasteiger partial charge in [-0.25, -0.2) is 0 Å². The fourth-order valence-corrected chi connectivity index (χ4v) is 4.56.